The minimum atomic E-state index is -0.699. The van der Waals surface area contributed by atoms with Gasteiger partial charge in [-0.05, 0) is 43.7 Å². The van der Waals surface area contributed by atoms with Gasteiger partial charge < -0.3 is 9.47 Å². The Morgan fingerprint density at radius 3 is 2.87 bits per heavy atom. The number of hydrogen-bond acceptors (Lipinski definition) is 7. The Hall–Kier alpha value is -3.26. The van der Waals surface area contributed by atoms with E-state index in [9.17, 15) is 9.59 Å². The fourth-order valence-corrected chi connectivity index (χ4v) is 4.18. The summed E-state index contributed by atoms with van der Waals surface area (Å²) in [5, 5.41) is 2.76. The van der Waals surface area contributed by atoms with Crippen molar-refractivity contribution in [1.29, 1.82) is 0 Å². The molecule has 0 N–H and O–H groups in total. The highest BCUT2D eigenvalue weighted by atomic mass is 32.1. The number of carbonyl (C=O) groups is 2. The van der Waals surface area contributed by atoms with Crippen molar-refractivity contribution >= 4 is 28.9 Å². The van der Waals surface area contributed by atoms with Crippen LogP contribution in [-0.4, -0.2) is 41.1 Å². The number of carbonyl (C=O) groups excluding carboxylic acids is 2. The number of nitrogens with zero attached hydrogens (tertiary/aromatic N) is 3. The van der Waals surface area contributed by atoms with Gasteiger partial charge >= 0.3 is 5.97 Å². The zero-order chi connectivity index (χ0) is 21.1. The second-order valence-corrected chi connectivity index (χ2v) is 7.52. The molecule has 30 heavy (non-hydrogen) atoms. The SMILES string of the molecule is CCOC(=O)C(CC)N1C(=O)COc2ccc(-c3csc(-c4ccccn4)n3)cc21. The smallest absolute Gasteiger partial charge is 0.329 e. The van der Waals surface area contributed by atoms with Crippen LogP contribution in [0.1, 0.15) is 20.3 Å². The number of hydrogen-bond donors (Lipinski definition) is 0. The maximum Gasteiger partial charge on any atom is 0.329 e. The van der Waals surface area contributed by atoms with E-state index in [2.05, 4.69) is 4.98 Å². The van der Waals surface area contributed by atoms with Crippen LogP contribution in [0.2, 0.25) is 0 Å². The van der Waals surface area contributed by atoms with Gasteiger partial charge in [0.2, 0.25) is 0 Å². The van der Waals surface area contributed by atoms with Gasteiger partial charge in [-0.15, -0.1) is 11.3 Å². The Kier molecular flexibility index (Phi) is 5.76. The van der Waals surface area contributed by atoms with Crippen molar-refractivity contribution in [3.8, 4) is 27.7 Å². The highest BCUT2D eigenvalue weighted by Crippen LogP contribution is 2.38. The molecule has 2 aromatic heterocycles. The summed E-state index contributed by atoms with van der Waals surface area (Å²) in [4.78, 5) is 35.7. The van der Waals surface area contributed by atoms with Gasteiger partial charge in [-0.1, -0.05) is 13.0 Å². The van der Waals surface area contributed by atoms with Crippen LogP contribution in [0.4, 0.5) is 5.69 Å². The van der Waals surface area contributed by atoms with Crippen LogP contribution in [0.3, 0.4) is 0 Å². The van der Waals surface area contributed by atoms with E-state index in [1.807, 2.05) is 48.7 Å². The average Bonchev–Trinajstić information content (AvgIpc) is 3.26. The number of benzene rings is 1. The summed E-state index contributed by atoms with van der Waals surface area (Å²) in [7, 11) is 0. The van der Waals surface area contributed by atoms with Crippen molar-refractivity contribution in [2.45, 2.75) is 26.3 Å². The number of thiazole rings is 1. The standard InChI is InChI=1S/C22H21N3O4S/c1-3-17(22(27)28-4-2)25-18-11-14(8-9-19(18)29-12-20(25)26)16-13-30-21(24-16)15-7-5-6-10-23-15/h5-11,13,17H,3-4,12H2,1-2H3. The summed E-state index contributed by atoms with van der Waals surface area (Å²) in [6.07, 6.45) is 2.17. The molecule has 0 spiro atoms. The zero-order valence-corrected chi connectivity index (χ0v) is 17.5. The largest absolute Gasteiger partial charge is 0.482 e. The van der Waals surface area contributed by atoms with E-state index in [-0.39, 0.29) is 19.1 Å². The summed E-state index contributed by atoms with van der Waals surface area (Å²) >= 11 is 1.50. The third-order valence-corrected chi connectivity index (χ3v) is 5.64. The molecule has 0 fully saturated rings. The normalized spacial score (nSPS) is 14.1. The number of fused-ring (bicyclic) bond motifs is 1. The highest BCUT2D eigenvalue weighted by Gasteiger charge is 2.36. The summed E-state index contributed by atoms with van der Waals surface area (Å²) in [6, 6.07) is 10.5. The van der Waals surface area contributed by atoms with Crippen LogP contribution in [0.5, 0.6) is 5.75 Å². The topological polar surface area (TPSA) is 81.6 Å². The zero-order valence-electron chi connectivity index (χ0n) is 16.7. The van der Waals surface area contributed by atoms with Crippen LogP contribution in [0.15, 0.2) is 48.0 Å². The Morgan fingerprint density at radius 2 is 2.13 bits per heavy atom. The van der Waals surface area contributed by atoms with E-state index < -0.39 is 12.0 Å². The Bertz CT molecular complexity index is 1070. The first-order valence-corrected chi connectivity index (χ1v) is 10.6. The lowest BCUT2D eigenvalue weighted by molar-refractivity contribution is -0.146. The van der Waals surface area contributed by atoms with Crippen LogP contribution >= 0.6 is 11.3 Å². The predicted molar refractivity (Wildman–Crippen MR) is 114 cm³/mol. The van der Waals surface area contributed by atoms with Gasteiger partial charge in [0.25, 0.3) is 5.91 Å². The van der Waals surface area contributed by atoms with Gasteiger partial charge in [0, 0.05) is 17.1 Å². The van der Waals surface area contributed by atoms with Crippen molar-refractivity contribution in [3.05, 3.63) is 48.0 Å². The quantitative estimate of drug-likeness (QED) is 0.559. The van der Waals surface area contributed by atoms with Gasteiger partial charge in [-0.2, -0.15) is 0 Å². The lowest BCUT2D eigenvalue weighted by atomic mass is 10.1. The molecule has 0 aliphatic carbocycles. The first kappa shape index (κ1) is 20.0. The van der Waals surface area contributed by atoms with Crippen LogP contribution < -0.4 is 9.64 Å². The lowest BCUT2D eigenvalue weighted by Gasteiger charge is -2.34. The maximum absolute atomic E-state index is 12.7. The van der Waals surface area contributed by atoms with E-state index in [1.165, 1.54) is 16.2 Å². The Morgan fingerprint density at radius 1 is 1.27 bits per heavy atom. The number of amides is 1. The molecule has 1 atom stereocenters. The molecular weight excluding hydrogens is 402 g/mol. The monoisotopic (exact) mass is 423 g/mol. The van der Waals surface area contributed by atoms with Gasteiger partial charge in [0.15, 0.2) is 6.61 Å². The van der Waals surface area contributed by atoms with E-state index in [0.29, 0.717) is 17.9 Å². The molecule has 1 aliphatic rings. The number of ether oxygens (including phenoxy) is 2. The molecule has 1 amide bonds. The molecule has 1 aromatic carbocycles. The fraction of sp³-hybridized carbons (Fsp3) is 0.273. The van der Waals surface area contributed by atoms with E-state index in [1.54, 1.807) is 13.1 Å². The average molecular weight is 423 g/mol. The third kappa shape index (κ3) is 3.78. The molecule has 0 saturated heterocycles. The maximum atomic E-state index is 12.7. The van der Waals surface area contributed by atoms with Crippen molar-refractivity contribution in [2.24, 2.45) is 0 Å². The summed E-state index contributed by atoms with van der Waals surface area (Å²) in [5.74, 6) is -0.133. The summed E-state index contributed by atoms with van der Waals surface area (Å²) in [6.45, 7) is 3.76. The Labute approximate surface area is 178 Å². The molecule has 7 nitrogen and oxygen atoms in total. The summed E-state index contributed by atoms with van der Waals surface area (Å²) in [5.41, 5.74) is 2.95. The molecule has 3 heterocycles. The minimum absolute atomic E-state index is 0.108. The second kappa shape index (κ2) is 8.62. The molecule has 8 heteroatoms. The highest BCUT2D eigenvalue weighted by molar-refractivity contribution is 7.13. The molecule has 0 radical (unpaired) electrons. The van der Waals surface area contributed by atoms with Gasteiger partial charge in [0.1, 0.15) is 16.8 Å². The second-order valence-electron chi connectivity index (χ2n) is 6.66. The van der Waals surface area contributed by atoms with Crippen molar-refractivity contribution in [2.75, 3.05) is 18.1 Å². The molecule has 0 saturated carbocycles. The van der Waals surface area contributed by atoms with E-state index in [4.69, 9.17) is 14.5 Å². The first-order valence-electron chi connectivity index (χ1n) is 9.75. The fourth-order valence-electron chi connectivity index (χ4n) is 3.38. The predicted octanol–water partition coefficient (Wildman–Crippen LogP) is 3.94. The molecule has 4 rings (SSSR count). The van der Waals surface area contributed by atoms with Crippen LogP contribution in [0, 0.1) is 0 Å². The molecule has 1 unspecified atom stereocenters. The minimum Gasteiger partial charge on any atom is -0.482 e. The lowest BCUT2D eigenvalue weighted by Crippen LogP contribution is -2.49. The molecule has 0 bridgehead atoms. The van der Waals surface area contributed by atoms with Gasteiger partial charge in [-0.3, -0.25) is 14.7 Å². The first-order chi connectivity index (χ1) is 14.6. The van der Waals surface area contributed by atoms with Crippen LogP contribution in [-0.2, 0) is 14.3 Å². The molecule has 1 aliphatic heterocycles. The molecular formula is C22H21N3O4S. The van der Waals surface area contributed by atoms with Gasteiger partial charge in [0.05, 0.1) is 23.7 Å². The number of aromatic nitrogens is 2. The molecule has 3 aromatic rings. The van der Waals surface area contributed by atoms with Gasteiger partial charge in [-0.25, -0.2) is 9.78 Å². The molecule has 154 valence electrons. The summed E-state index contributed by atoms with van der Waals surface area (Å²) < 4.78 is 10.8. The van der Waals surface area contributed by atoms with Crippen LogP contribution in [0.25, 0.3) is 22.0 Å². The van der Waals surface area contributed by atoms with Crippen molar-refractivity contribution in [3.63, 3.8) is 0 Å². The Balaban J connectivity index is 1.71. The third-order valence-electron chi connectivity index (χ3n) is 4.78. The number of pyridine rings is 1. The number of rotatable bonds is 6. The van der Waals surface area contributed by atoms with Crippen molar-refractivity contribution < 1.29 is 19.1 Å². The van der Waals surface area contributed by atoms with E-state index >= 15 is 0 Å². The van der Waals surface area contributed by atoms with Crippen molar-refractivity contribution in [1.82, 2.24) is 9.97 Å². The number of esters is 1. The number of anilines is 1. The van der Waals surface area contributed by atoms with E-state index in [0.717, 1.165) is 22.0 Å².